The van der Waals surface area contributed by atoms with Gasteiger partial charge in [0.2, 0.25) is 0 Å². The van der Waals surface area contributed by atoms with Crippen LogP contribution in [0, 0.1) is 0 Å². The average Bonchev–Trinajstić information content (AvgIpc) is 3.98. The Morgan fingerprint density at radius 2 is 0.857 bits per heavy atom. The predicted octanol–water partition coefficient (Wildman–Crippen LogP) is 10.6. The van der Waals surface area contributed by atoms with Gasteiger partial charge in [-0.3, -0.25) is 0 Å². The summed E-state index contributed by atoms with van der Waals surface area (Å²) in [5.74, 6) is 1.55. The number of rotatable bonds is 23. The second-order valence-corrected chi connectivity index (χ2v) is 15.3. The van der Waals surface area contributed by atoms with E-state index >= 15 is 0 Å². The van der Waals surface area contributed by atoms with Crippen LogP contribution in [0.25, 0.3) is 12.2 Å². The van der Waals surface area contributed by atoms with E-state index in [-0.39, 0.29) is 0 Å². The summed E-state index contributed by atoms with van der Waals surface area (Å²) in [6.07, 6.45) is 13.8. The number of unbranched alkanes of at least 4 members (excludes halogenated alkanes) is 5. The number of thiophene rings is 2. The van der Waals surface area contributed by atoms with Crippen LogP contribution in [0.3, 0.4) is 0 Å². The highest BCUT2D eigenvalue weighted by molar-refractivity contribution is 7.11. The molecule has 0 spiro atoms. The lowest BCUT2D eigenvalue weighted by atomic mass is 10.0. The van der Waals surface area contributed by atoms with Gasteiger partial charge in [0.15, 0.2) is 11.4 Å². The lowest BCUT2D eigenvalue weighted by molar-refractivity contribution is 0.0601. The molecule has 0 saturated heterocycles. The topological polar surface area (TPSA) is 107 Å². The first-order valence-electron chi connectivity index (χ1n) is 19.0. The highest BCUT2D eigenvalue weighted by Gasteiger charge is 2.27. The van der Waals surface area contributed by atoms with Gasteiger partial charge >= 0.3 is 0 Å². The number of hydrogen-bond acceptors (Lipinski definition) is 10. The molecule has 290 valence electrons. The molecule has 0 amide bonds. The van der Waals surface area contributed by atoms with Gasteiger partial charge in [0.1, 0.15) is 11.5 Å². The van der Waals surface area contributed by atoms with Crippen LogP contribution in [-0.2, 0) is 11.4 Å². The summed E-state index contributed by atoms with van der Waals surface area (Å²) < 4.78 is 12.1. The maximum atomic E-state index is 11.6. The smallest absolute Gasteiger partial charge is 0.178 e. The van der Waals surface area contributed by atoms with Crippen molar-refractivity contribution in [3.05, 3.63) is 177 Å². The number of hydrazine groups is 2. The molecule has 6 rings (SSSR count). The molecule has 0 saturated carbocycles. The Bertz CT molecular complexity index is 1880. The largest absolute Gasteiger partial charge is 0.494 e. The molecule has 0 aliphatic heterocycles. The van der Waals surface area contributed by atoms with E-state index in [1.807, 2.05) is 156 Å². The molecular weight excluding hydrogens is 737 g/mol. The zero-order valence-electron chi connectivity index (χ0n) is 31.4. The van der Waals surface area contributed by atoms with E-state index in [2.05, 4.69) is 21.7 Å². The fourth-order valence-corrected chi connectivity index (χ4v) is 7.11. The van der Waals surface area contributed by atoms with Gasteiger partial charge in [0, 0.05) is 32.3 Å². The summed E-state index contributed by atoms with van der Waals surface area (Å²) in [4.78, 5) is 2.10. The van der Waals surface area contributed by atoms with Crippen molar-refractivity contribution < 1.29 is 19.7 Å². The first kappa shape index (κ1) is 40.5. The number of ether oxygens (including phenoxy) is 2. The number of aliphatic hydroxyl groups is 2. The van der Waals surface area contributed by atoms with Gasteiger partial charge in [0.05, 0.1) is 13.2 Å². The second-order valence-electron chi connectivity index (χ2n) is 13.3. The van der Waals surface area contributed by atoms with E-state index in [1.165, 1.54) is 0 Å². The first-order chi connectivity index (χ1) is 27.5. The molecule has 2 atom stereocenters. The monoisotopic (exact) mass is 786 g/mol. The number of nitrogens with one attached hydrogen (secondary N) is 4. The Kier molecular flexibility index (Phi) is 15.3. The van der Waals surface area contributed by atoms with Gasteiger partial charge in [-0.2, -0.15) is 10.9 Å². The minimum absolute atomic E-state index is 0.644. The minimum atomic E-state index is -1.44. The van der Waals surface area contributed by atoms with Gasteiger partial charge < -0.3 is 30.5 Å². The van der Waals surface area contributed by atoms with Crippen LogP contribution in [0.4, 0.5) is 11.4 Å². The van der Waals surface area contributed by atoms with Gasteiger partial charge in [-0.1, -0.05) is 98.5 Å². The van der Waals surface area contributed by atoms with Crippen molar-refractivity contribution in [1.82, 2.24) is 10.9 Å². The number of benzene rings is 4. The summed E-state index contributed by atoms with van der Waals surface area (Å²) in [6, 6.07) is 42.6. The van der Waals surface area contributed by atoms with Gasteiger partial charge in [0.25, 0.3) is 0 Å². The molecule has 56 heavy (non-hydrogen) atoms. The summed E-state index contributed by atoms with van der Waals surface area (Å²) in [5, 5.41) is 27.3. The third-order valence-electron chi connectivity index (χ3n) is 9.07. The van der Waals surface area contributed by atoms with Crippen molar-refractivity contribution in [3.63, 3.8) is 0 Å². The van der Waals surface area contributed by atoms with E-state index in [0.29, 0.717) is 24.3 Å². The Hall–Kier alpha value is -5.20. The predicted molar refractivity (Wildman–Crippen MR) is 232 cm³/mol. The molecule has 2 unspecified atom stereocenters. The lowest BCUT2D eigenvalue weighted by Crippen LogP contribution is -2.44. The van der Waals surface area contributed by atoms with Crippen LogP contribution in [0.15, 0.2) is 156 Å². The number of para-hydroxylation sites is 2. The zero-order chi connectivity index (χ0) is 38.7. The Labute approximate surface area is 338 Å². The van der Waals surface area contributed by atoms with E-state index in [1.54, 1.807) is 34.8 Å². The van der Waals surface area contributed by atoms with E-state index in [4.69, 9.17) is 9.47 Å². The summed E-state index contributed by atoms with van der Waals surface area (Å²) >= 11 is 3.23. The molecule has 0 aliphatic rings. The fourth-order valence-electron chi connectivity index (χ4n) is 5.88. The first-order valence-corrected chi connectivity index (χ1v) is 20.8. The highest BCUT2D eigenvalue weighted by Crippen LogP contribution is 2.27. The summed E-state index contributed by atoms with van der Waals surface area (Å²) in [5.41, 5.74) is 12.6. The maximum Gasteiger partial charge on any atom is 0.178 e. The maximum absolute atomic E-state index is 11.6. The molecule has 4 aromatic carbocycles. The Balaban J connectivity index is 0.879. The van der Waals surface area contributed by atoms with Gasteiger partial charge in [-0.25, -0.2) is 0 Å². The van der Waals surface area contributed by atoms with Crippen LogP contribution in [0.1, 0.15) is 59.4 Å². The van der Waals surface area contributed by atoms with Crippen LogP contribution < -0.4 is 31.2 Å². The third kappa shape index (κ3) is 12.7. The van der Waals surface area contributed by atoms with Crippen LogP contribution >= 0.6 is 22.7 Å². The van der Waals surface area contributed by atoms with Crippen LogP contribution in [0.5, 0.6) is 11.5 Å². The molecule has 2 aromatic heterocycles. The number of hydrogen-bond donors (Lipinski definition) is 6. The zero-order valence-corrected chi connectivity index (χ0v) is 33.0. The molecular formula is C46H50N4O4S2. The molecule has 0 fully saturated rings. The normalized spacial score (nSPS) is 13.7. The van der Waals surface area contributed by atoms with Crippen molar-refractivity contribution >= 4 is 46.2 Å². The quantitative estimate of drug-likeness (QED) is 0.0217. The van der Waals surface area contributed by atoms with E-state index in [9.17, 15) is 10.2 Å². The lowest BCUT2D eigenvalue weighted by Gasteiger charge is -2.27. The van der Waals surface area contributed by atoms with Crippen LogP contribution in [-0.4, -0.2) is 23.4 Å². The molecule has 10 heteroatoms. The van der Waals surface area contributed by atoms with Gasteiger partial charge in [-0.05, 0) is 109 Å². The van der Waals surface area contributed by atoms with Crippen molar-refractivity contribution in [1.29, 1.82) is 0 Å². The summed E-state index contributed by atoms with van der Waals surface area (Å²) in [6.45, 7) is 1.29. The number of anilines is 2. The molecule has 2 heterocycles. The second kappa shape index (κ2) is 21.2. The molecule has 8 nitrogen and oxygen atoms in total. The molecule has 6 N–H and O–H groups in total. The van der Waals surface area contributed by atoms with Crippen molar-refractivity contribution in [2.24, 2.45) is 0 Å². The van der Waals surface area contributed by atoms with E-state index in [0.717, 1.165) is 71.2 Å². The molecule has 0 radical (unpaired) electrons. The fraction of sp³-hybridized carbons (Fsp3) is 0.217. The molecule has 0 bridgehead atoms. The Morgan fingerprint density at radius 3 is 1.23 bits per heavy atom. The van der Waals surface area contributed by atoms with Crippen molar-refractivity contribution in [2.45, 2.75) is 50.0 Å². The molecule has 6 aromatic rings. The average molecular weight is 787 g/mol. The third-order valence-corrected chi connectivity index (χ3v) is 10.7. The highest BCUT2D eigenvalue weighted by atomic mass is 32.1. The van der Waals surface area contributed by atoms with Crippen molar-refractivity contribution in [3.8, 4) is 11.5 Å². The van der Waals surface area contributed by atoms with Crippen LogP contribution in [0.2, 0.25) is 0 Å². The SMILES string of the molecule is OC(/C=C/c1cccs1)(NNc1ccccc1)c1ccc(OCCCCCCCCOc2ccc(C(O)(/C=C/c3cccs3)NNc3ccccc3)cc2)cc1. The molecule has 0 aliphatic carbocycles. The standard InChI is InChI=1S/C46H50N4O4S2/c51-45(31-29-43-19-13-35-55-43,49-47-39-15-7-5-8-16-39)37-21-25-41(26-22-37)53-33-11-3-1-2-4-12-34-54-42-27-23-38(24-28-42)46(52,32-30-44-20-14-36-56-44)50-48-40-17-9-6-10-18-40/h5-10,13-32,35-36,47-52H,1-4,11-12,33-34H2/b31-29+,32-30+. The van der Waals surface area contributed by atoms with Crippen molar-refractivity contribution in [2.75, 3.05) is 24.1 Å². The minimum Gasteiger partial charge on any atom is -0.494 e. The Morgan fingerprint density at radius 1 is 0.464 bits per heavy atom. The van der Waals surface area contributed by atoms with Gasteiger partial charge in [-0.15, -0.1) is 22.7 Å². The summed E-state index contributed by atoms with van der Waals surface area (Å²) in [7, 11) is 0. The van der Waals surface area contributed by atoms with E-state index < -0.39 is 11.4 Å².